The molecule has 0 saturated heterocycles. The van der Waals surface area contributed by atoms with Crippen LogP contribution in [-0.4, -0.2) is 12.8 Å². The van der Waals surface area contributed by atoms with Gasteiger partial charge in [0.2, 0.25) is 0 Å². The lowest BCUT2D eigenvalue weighted by Gasteiger charge is -2.28. The van der Waals surface area contributed by atoms with Crippen molar-refractivity contribution in [1.82, 2.24) is 9.84 Å². The second kappa shape index (κ2) is 6.53. The van der Waals surface area contributed by atoms with Crippen LogP contribution in [0.1, 0.15) is 18.1 Å². The van der Waals surface area contributed by atoms with Gasteiger partial charge in [-0.25, -0.2) is 0 Å². The lowest BCUT2D eigenvalue weighted by atomic mass is 10.1. The molecule has 0 spiro atoms. The van der Waals surface area contributed by atoms with Gasteiger partial charge in [0, 0.05) is 18.3 Å². The van der Waals surface area contributed by atoms with Crippen LogP contribution >= 0.6 is 0 Å². The molecule has 0 saturated carbocycles. The van der Waals surface area contributed by atoms with E-state index in [2.05, 4.69) is 5.43 Å². The Morgan fingerprint density at radius 1 is 0.958 bits per heavy atom. The Balaban J connectivity index is 1.85. The summed E-state index contributed by atoms with van der Waals surface area (Å²) in [6, 6.07) is 16.8. The second-order valence-corrected chi connectivity index (χ2v) is 7.75. The SMILES string of the molecule is CC1=CN(S(=O)(=O)c2ccc(C)cc2)NC(Cc2ccccc2)=C1. The van der Waals surface area contributed by atoms with Crippen molar-refractivity contribution in [3.05, 3.63) is 89.3 Å². The topological polar surface area (TPSA) is 49.4 Å². The molecule has 4 nitrogen and oxygen atoms in total. The van der Waals surface area contributed by atoms with Crippen molar-refractivity contribution in [1.29, 1.82) is 0 Å². The molecule has 1 heterocycles. The fourth-order valence-corrected chi connectivity index (χ4v) is 3.81. The maximum absolute atomic E-state index is 12.8. The minimum absolute atomic E-state index is 0.269. The molecule has 0 amide bonds. The zero-order chi connectivity index (χ0) is 17.2. The van der Waals surface area contributed by atoms with Gasteiger partial charge < -0.3 is 0 Å². The first-order valence-electron chi connectivity index (χ1n) is 7.76. The smallest absolute Gasteiger partial charge is 0.281 e. The highest BCUT2D eigenvalue weighted by molar-refractivity contribution is 7.89. The number of benzene rings is 2. The van der Waals surface area contributed by atoms with Crippen LogP contribution in [0.2, 0.25) is 0 Å². The Bertz CT molecular complexity index is 883. The monoisotopic (exact) mass is 340 g/mol. The number of hydrogen-bond donors (Lipinski definition) is 1. The standard InChI is InChI=1S/C19H20N2O2S/c1-15-8-10-19(11-9-15)24(22,23)21-14-16(2)12-18(20-21)13-17-6-4-3-5-7-17/h3-12,14,20H,13H2,1-2H3. The molecular weight excluding hydrogens is 320 g/mol. The zero-order valence-corrected chi connectivity index (χ0v) is 14.5. The van der Waals surface area contributed by atoms with Gasteiger partial charge in [0.25, 0.3) is 10.0 Å². The van der Waals surface area contributed by atoms with Gasteiger partial charge >= 0.3 is 0 Å². The highest BCUT2D eigenvalue weighted by Crippen LogP contribution is 2.21. The third-order valence-electron chi connectivity index (χ3n) is 3.79. The third-order valence-corrected chi connectivity index (χ3v) is 5.37. The van der Waals surface area contributed by atoms with Gasteiger partial charge in [-0.2, -0.15) is 12.8 Å². The van der Waals surface area contributed by atoms with Crippen LogP contribution in [0.15, 0.2) is 83.0 Å². The molecule has 0 aromatic heterocycles. The van der Waals surface area contributed by atoms with E-state index < -0.39 is 10.0 Å². The average molecular weight is 340 g/mol. The van der Waals surface area contributed by atoms with E-state index in [4.69, 9.17) is 0 Å². The van der Waals surface area contributed by atoms with Gasteiger partial charge in [-0.15, -0.1) is 0 Å². The molecule has 1 aliphatic rings. The van der Waals surface area contributed by atoms with E-state index >= 15 is 0 Å². The number of allylic oxidation sites excluding steroid dienone is 3. The van der Waals surface area contributed by atoms with E-state index in [1.54, 1.807) is 30.5 Å². The van der Waals surface area contributed by atoms with E-state index in [0.717, 1.165) is 22.4 Å². The first-order chi connectivity index (χ1) is 11.4. The number of sulfonamides is 1. The minimum atomic E-state index is -3.63. The summed E-state index contributed by atoms with van der Waals surface area (Å²) in [5.74, 6) is 0. The van der Waals surface area contributed by atoms with Crippen LogP contribution in [0.3, 0.4) is 0 Å². The molecular formula is C19H20N2O2S. The average Bonchev–Trinajstić information content (AvgIpc) is 2.55. The van der Waals surface area contributed by atoms with E-state index in [1.165, 1.54) is 4.41 Å². The van der Waals surface area contributed by atoms with Gasteiger partial charge in [-0.05, 0) is 43.2 Å². The van der Waals surface area contributed by atoms with E-state index in [0.29, 0.717) is 6.42 Å². The van der Waals surface area contributed by atoms with Crippen LogP contribution in [0.25, 0.3) is 0 Å². The Labute approximate surface area is 143 Å². The fraction of sp³-hybridized carbons (Fsp3) is 0.158. The van der Waals surface area contributed by atoms with Gasteiger partial charge in [-0.3, -0.25) is 5.43 Å². The van der Waals surface area contributed by atoms with Crippen LogP contribution < -0.4 is 5.43 Å². The van der Waals surface area contributed by atoms with Gasteiger partial charge in [-0.1, -0.05) is 48.0 Å². The van der Waals surface area contributed by atoms with Crippen molar-refractivity contribution in [3.8, 4) is 0 Å². The van der Waals surface area contributed by atoms with E-state index in [9.17, 15) is 8.42 Å². The molecule has 0 unspecified atom stereocenters. The van der Waals surface area contributed by atoms with Crippen molar-refractivity contribution in [2.75, 3.05) is 0 Å². The number of nitrogens with one attached hydrogen (secondary N) is 1. The maximum atomic E-state index is 12.8. The van der Waals surface area contributed by atoms with Crippen LogP contribution in [0, 0.1) is 6.92 Å². The highest BCUT2D eigenvalue weighted by Gasteiger charge is 2.24. The predicted octanol–water partition coefficient (Wildman–Crippen LogP) is 3.53. The van der Waals surface area contributed by atoms with Crippen LogP contribution in [-0.2, 0) is 16.4 Å². The summed E-state index contributed by atoms with van der Waals surface area (Å²) in [4.78, 5) is 0.269. The summed E-state index contributed by atoms with van der Waals surface area (Å²) in [5.41, 5.74) is 6.89. The molecule has 1 N–H and O–H groups in total. The van der Waals surface area contributed by atoms with Gasteiger partial charge in [0.1, 0.15) is 0 Å². The molecule has 24 heavy (non-hydrogen) atoms. The van der Waals surface area contributed by atoms with Crippen molar-refractivity contribution in [2.45, 2.75) is 25.2 Å². The molecule has 2 aromatic carbocycles. The van der Waals surface area contributed by atoms with Crippen LogP contribution in [0.5, 0.6) is 0 Å². The summed E-state index contributed by atoms with van der Waals surface area (Å²) in [5, 5.41) is 0. The Kier molecular flexibility index (Phi) is 4.44. The van der Waals surface area contributed by atoms with E-state index in [-0.39, 0.29) is 4.90 Å². The summed E-state index contributed by atoms with van der Waals surface area (Å²) < 4.78 is 26.9. The molecule has 0 radical (unpaired) electrons. The number of hydrogen-bond acceptors (Lipinski definition) is 3. The first kappa shape index (κ1) is 16.3. The second-order valence-electron chi connectivity index (χ2n) is 5.93. The largest absolute Gasteiger partial charge is 0.289 e. The van der Waals surface area contributed by atoms with Gasteiger partial charge in [0.15, 0.2) is 0 Å². The van der Waals surface area contributed by atoms with Crippen molar-refractivity contribution >= 4 is 10.0 Å². The number of aryl methyl sites for hydroxylation is 1. The molecule has 124 valence electrons. The molecule has 0 aliphatic carbocycles. The summed E-state index contributed by atoms with van der Waals surface area (Å²) in [6.07, 6.45) is 4.21. The third kappa shape index (κ3) is 3.51. The zero-order valence-electron chi connectivity index (χ0n) is 13.7. The summed E-state index contributed by atoms with van der Waals surface area (Å²) in [7, 11) is -3.63. The summed E-state index contributed by atoms with van der Waals surface area (Å²) in [6.45, 7) is 3.82. The molecule has 0 fully saturated rings. The number of nitrogens with zero attached hydrogens (tertiary/aromatic N) is 1. The van der Waals surface area contributed by atoms with Gasteiger partial charge in [0.05, 0.1) is 4.90 Å². The molecule has 5 heteroatoms. The molecule has 2 aromatic rings. The quantitative estimate of drug-likeness (QED) is 0.926. The molecule has 3 rings (SSSR count). The lowest BCUT2D eigenvalue weighted by Crippen LogP contribution is -2.40. The molecule has 0 atom stereocenters. The number of rotatable bonds is 4. The fourth-order valence-electron chi connectivity index (χ4n) is 2.56. The van der Waals surface area contributed by atoms with Crippen molar-refractivity contribution in [3.63, 3.8) is 0 Å². The van der Waals surface area contributed by atoms with E-state index in [1.807, 2.05) is 50.3 Å². The van der Waals surface area contributed by atoms with Crippen molar-refractivity contribution < 1.29 is 8.42 Å². The first-order valence-corrected chi connectivity index (χ1v) is 9.20. The highest BCUT2D eigenvalue weighted by atomic mass is 32.2. The normalized spacial score (nSPS) is 14.7. The Morgan fingerprint density at radius 3 is 2.29 bits per heavy atom. The lowest BCUT2D eigenvalue weighted by molar-refractivity contribution is 0.428. The predicted molar refractivity (Wildman–Crippen MR) is 95.3 cm³/mol. The minimum Gasteiger partial charge on any atom is -0.289 e. The molecule has 1 aliphatic heterocycles. The molecule has 0 bridgehead atoms. The Morgan fingerprint density at radius 2 is 1.62 bits per heavy atom. The maximum Gasteiger partial charge on any atom is 0.281 e. The summed E-state index contributed by atoms with van der Waals surface area (Å²) >= 11 is 0. The van der Waals surface area contributed by atoms with Crippen LogP contribution in [0.4, 0.5) is 0 Å². The Hall–Kier alpha value is -2.53. The van der Waals surface area contributed by atoms with Crippen molar-refractivity contribution in [2.24, 2.45) is 0 Å². The number of hydrazine groups is 1.